The fourth-order valence-electron chi connectivity index (χ4n) is 3.64. The van der Waals surface area contributed by atoms with E-state index in [9.17, 15) is 16.8 Å². The molecule has 170 valence electrons. The summed E-state index contributed by atoms with van der Waals surface area (Å²) in [6.07, 6.45) is 2.66. The maximum absolute atomic E-state index is 12.8. The quantitative estimate of drug-likeness (QED) is 0.642. The van der Waals surface area contributed by atoms with E-state index in [1.54, 1.807) is 50.2 Å². The summed E-state index contributed by atoms with van der Waals surface area (Å²) in [6.45, 7) is 7.18. The van der Waals surface area contributed by atoms with Crippen LogP contribution in [0, 0.1) is 6.92 Å². The predicted octanol–water partition coefficient (Wildman–Crippen LogP) is 2.69. The van der Waals surface area contributed by atoms with E-state index < -0.39 is 20.0 Å². The summed E-state index contributed by atoms with van der Waals surface area (Å²) in [5, 5.41) is 3.29. The molecule has 0 atom stereocenters. The number of pyridine rings is 1. The Bertz CT molecular complexity index is 1070. The molecule has 3 rings (SSSR count). The topological polar surface area (TPSA) is 99.7 Å². The highest BCUT2D eigenvalue weighted by atomic mass is 32.2. The molecule has 1 aromatic carbocycles. The van der Waals surface area contributed by atoms with Gasteiger partial charge in [-0.25, -0.2) is 21.8 Å². The summed E-state index contributed by atoms with van der Waals surface area (Å²) < 4.78 is 53.7. The Kier molecular flexibility index (Phi) is 7.35. The second kappa shape index (κ2) is 9.64. The van der Waals surface area contributed by atoms with Crippen LogP contribution in [0.3, 0.4) is 0 Å². The monoisotopic (exact) mass is 466 g/mol. The SMILES string of the molecule is CCN(CC)S(=O)(=O)c1ccc(NC2CCN(S(=O)(=O)c3ccc(C)cc3)CC2)nc1. The molecular formula is C21H30N4O4S2. The molecule has 0 bridgehead atoms. The highest BCUT2D eigenvalue weighted by Gasteiger charge is 2.29. The Morgan fingerprint density at radius 2 is 1.55 bits per heavy atom. The molecule has 1 saturated heterocycles. The number of rotatable bonds is 8. The van der Waals surface area contributed by atoms with Gasteiger partial charge in [-0.05, 0) is 44.0 Å². The van der Waals surface area contributed by atoms with E-state index in [-0.39, 0.29) is 10.9 Å². The van der Waals surface area contributed by atoms with Crippen LogP contribution in [0.5, 0.6) is 0 Å². The Morgan fingerprint density at radius 3 is 2.06 bits per heavy atom. The number of piperidine rings is 1. The van der Waals surface area contributed by atoms with Gasteiger partial charge in [0.05, 0.1) is 4.90 Å². The summed E-state index contributed by atoms with van der Waals surface area (Å²) in [4.78, 5) is 4.75. The molecule has 0 saturated carbocycles. The average Bonchev–Trinajstić information content (AvgIpc) is 2.75. The van der Waals surface area contributed by atoms with Gasteiger partial charge in [-0.1, -0.05) is 31.5 Å². The van der Waals surface area contributed by atoms with Gasteiger partial charge < -0.3 is 5.32 Å². The summed E-state index contributed by atoms with van der Waals surface area (Å²) in [5.41, 5.74) is 1.02. The van der Waals surface area contributed by atoms with Crippen LogP contribution in [0.4, 0.5) is 5.82 Å². The van der Waals surface area contributed by atoms with Crippen molar-refractivity contribution in [2.75, 3.05) is 31.5 Å². The Hall–Kier alpha value is -2.01. The zero-order valence-electron chi connectivity index (χ0n) is 18.2. The number of hydrogen-bond donors (Lipinski definition) is 1. The first-order chi connectivity index (χ1) is 14.7. The summed E-state index contributed by atoms with van der Waals surface area (Å²) in [6, 6.07) is 10.2. The summed E-state index contributed by atoms with van der Waals surface area (Å²) >= 11 is 0. The van der Waals surface area contributed by atoms with Gasteiger partial charge in [0.2, 0.25) is 20.0 Å². The van der Waals surface area contributed by atoms with Crippen molar-refractivity contribution in [3.63, 3.8) is 0 Å². The molecule has 1 aliphatic rings. The lowest BCUT2D eigenvalue weighted by Crippen LogP contribution is -2.42. The number of nitrogens with one attached hydrogen (secondary N) is 1. The molecule has 8 nitrogen and oxygen atoms in total. The Morgan fingerprint density at radius 1 is 0.968 bits per heavy atom. The van der Waals surface area contributed by atoms with Crippen molar-refractivity contribution >= 4 is 25.9 Å². The van der Waals surface area contributed by atoms with Crippen molar-refractivity contribution in [2.24, 2.45) is 0 Å². The number of sulfonamides is 2. The number of nitrogens with zero attached hydrogens (tertiary/aromatic N) is 3. The lowest BCUT2D eigenvalue weighted by atomic mass is 10.1. The van der Waals surface area contributed by atoms with E-state index in [1.165, 1.54) is 14.8 Å². The minimum absolute atomic E-state index is 0.0715. The van der Waals surface area contributed by atoms with Crippen molar-refractivity contribution in [2.45, 2.75) is 49.4 Å². The van der Waals surface area contributed by atoms with Gasteiger partial charge in [0.15, 0.2) is 0 Å². The number of aryl methyl sites for hydroxylation is 1. The highest BCUT2D eigenvalue weighted by molar-refractivity contribution is 7.89. The van der Waals surface area contributed by atoms with Crippen LogP contribution in [-0.4, -0.2) is 62.7 Å². The van der Waals surface area contributed by atoms with Crippen molar-refractivity contribution < 1.29 is 16.8 Å². The molecule has 2 heterocycles. The van der Waals surface area contributed by atoms with Gasteiger partial charge in [0.25, 0.3) is 0 Å². The number of anilines is 1. The summed E-state index contributed by atoms with van der Waals surface area (Å²) in [5.74, 6) is 0.582. The minimum atomic E-state index is -3.53. The van der Waals surface area contributed by atoms with E-state index in [0.29, 0.717) is 49.7 Å². The minimum Gasteiger partial charge on any atom is -0.367 e. The van der Waals surface area contributed by atoms with Gasteiger partial charge in [-0.15, -0.1) is 0 Å². The van der Waals surface area contributed by atoms with Crippen LogP contribution in [0.2, 0.25) is 0 Å². The van der Waals surface area contributed by atoms with Crippen LogP contribution in [0.25, 0.3) is 0 Å². The first-order valence-corrected chi connectivity index (χ1v) is 13.4. The summed E-state index contributed by atoms with van der Waals surface area (Å²) in [7, 11) is -7.03. The van der Waals surface area contributed by atoms with Gasteiger partial charge in [-0.2, -0.15) is 8.61 Å². The molecule has 0 spiro atoms. The largest absolute Gasteiger partial charge is 0.367 e. The van der Waals surface area contributed by atoms with E-state index >= 15 is 0 Å². The molecule has 31 heavy (non-hydrogen) atoms. The molecule has 0 radical (unpaired) electrons. The molecule has 2 aromatic rings. The van der Waals surface area contributed by atoms with Gasteiger partial charge in [0.1, 0.15) is 10.7 Å². The molecule has 0 amide bonds. The zero-order chi connectivity index (χ0) is 22.6. The standard InChI is InChI=1S/C21H30N4O4S2/c1-4-24(5-2)31(28,29)20-10-11-21(22-16-20)23-18-12-14-25(15-13-18)30(26,27)19-8-6-17(3)7-9-19/h6-11,16,18H,4-5,12-15H2,1-3H3,(H,22,23). The molecular weight excluding hydrogens is 436 g/mol. The lowest BCUT2D eigenvalue weighted by Gasteiger charge is -2.32. The van der Waals surface area contributed by atoms with Crippen molar-refractivity contribution in [1.29, 1.82) is 0 Å². The van der Waals surface area contributed by atoms with Gasteiger partial charge in [-0.3, -0.25) is 0 Å². The molecule has 0 unspecified atom stereocenters. The van der Waals surface area contributed by atoms with E-state index in [2.05, 4.69) is 10.3 Å². The smallest absolute Gasteiger partial charge is 0.244 e. The highest BCUT2D eigenvalue weighted by Crippen LogP contribution is 2.23. The number of hydrogen-bond acceptors (Lipinski definition) is 6. The van der Waals surface area contributed by atoms with Crippen molar-refractivity contribution in [3.8, 4) is 0 Å². The van der Waals surface area contributed by atoms with Crippen LogP contribution in [-0.2, 0) is 20.0 Å². The number of aromatic nitrogens is 1. The van der Waals surface area contributed by atoms with Gasteiger partial charge >= 0.3 is 0 Å². The maximum atomic E-state index is 12.8. The first kappa shape index (κ1) is 23.6. The second-order valence-electron chi connectivity index (χ2n) is 7.60. The molecule has 1 aliphatic heterocycles. The molecule has 1 aromatic heterocycles. The third-order valence-electron chi connectivity index (χ3n) is 5.54. The van der Waals surface area contributed by atoms with Crippen LogP contribution in [0.1, 0.15) is 32.3 Å². The first-order valence-electron chi connectivity index (χ1n) is 10.5. The fourth-order valence-corrected chi connectivity index (χ4v) is 6.51. The average molecular weight is 467 g/mol. The molecule has 10 heteroatoms. The maximum Gasteiger partial charge on any atom is 0.244 e. The van der Waals surface area contributed by atoms with E-state index in [4.69, 9.17) is 0 Å². The molecule has 0 aliphatic carbocycles. The van der Waals surface area contributed by atoms with E-state index in [0.717, 1.165) is 5.56 Å². The second-order valence-corrected chi connectivity index (χ2v) is 11.5. The van der Waals surface area contributed by atoms with Crippen LogP contribution in [0.15, 0.2) is 52.4 Å². The van der Waals surface area contributed by atoms with E-state index in [1.807, 2.05) is 6.92 Å². The Labute approximate surface area is 185 Å². The third-order valence-corrected chi connectivity index (χ3v) is 9.49. The van der Waals surface area contributed by atoms with Crippen molar-refractivity contribution in [1.82, 2.24) is 13.6 Å². The third kappa shape index (κ3) is 5.25. The van der Waals surface area contributed by atoms with Gasteiger partial charge in [0, 0.05) is 38.4 Å². The fraction of sp³-hybridized carbons (Fsp3) is 0.476. The lowest BCUT2D eigenvalue weighted by molar-refractivity contribution is 0.329. The number of benzene rings is 1. The van der Waals surface area contributed by atoms with Crippen LogP contribution < -0.4 is 5.32 Å². The predicted molar refractivity (Wildman–Crippen MR) is 121 cm³/mol. The Balaban J connectivity index is 1.60. The molecule has 1 N–H and O–H groups in total. The van der Waals surface area contributed by atoms with Crippen LogP contribution >= 0.6 is 0 Å². The zero-order valence-corrected chi connectivity index (χ0v) is 19.8. The molecule has 1 fully saturated rings. The normalized spacial score (nSPS) is 16.5. The van der Waals surface area contributed by atoms with Crippen molar-refractivity contribution in [3.05, 3.63) is 48.2 Å².